The molecule has 2 heterocycles. The molecule has 0 bridgehead atoms. The van der Waals surface area contributed by atoms with Gasteiger partial charge in [0.1, 0.15) is 11.3 Å². The lowest BCUT2D eigenvalue weighted by Crippen LogP contribution is -2.54. The second kappa shape index (κ2) is 8.67. The number of nitrogens with zero attached hydrogens (tertiary/aromatic N) is 3. The van der Waals surface area contributed by atoms with Crippen LogP contribution in [0.5, 0.6) is 0 Å². The number of carbonyl (C=O) groups is 2. The lowest BCUT2D eigenvalue weighted by molar-refractivity contribution is -0.0314. The van der Waals surface area contributed by atoms with Gasteiger partial charge in [0.05, 0.1) is 19.3 Å². The van der Waals surface area contributed by atoms with Gasteiger partial charge in [-0.25, -0.2) is 4.79 Å². The summed E-state index contributed by atoms with van der Waals surface area (Å²) in [5.74, 6) is -0.502. The first-order valence-corrected chi connectivity index (χ1v) is 8.51. The van der Waals surface area contributed by atoms with Gasteiger partial charge in [0.25, 0.3) is 5.91 Å². The van der Waals surface area contributed by atoms with Crippen LogP contribution >= 0.6 is 0 Å². The number of oxime groups is 1. The summed E-state index contributed by atoms with van der Waals surface area (Å²) in [6.07, 6.45) is 0.895. The topological polar surface area (TPSA) is 139 Å². The number of nitrogens with two attached hydrogens (primary N) is 1. The third-order valence-corrected chi connectivity index (χ3v) is 3.75. The molecular formula is C17H25N5O5. The van der Waals surface area contributed by atoms with Crippen molar-refractivity contribution < 1.29 is 24.3 Å². The van der Waals surface area contributed by atoms with Gasteiger partial charge in [0.2, 0.25) is 0 Å². The third-order valence-electron chi connectivity index (χ3n) is 3.75. The molecule has 27 heavy (non-hydrogen) atoms. The Morgan fingerprint density at radius 3 is 2.81 bits per heavy atom. The van der Waals surface area contributed by atoms with Crippen molar-refractivity contribution in [1.82, 2.24) is 15.2 Å². The Kier molecular flexibility index (Phi) is 6.56. The van der Waals surface area contributed by atoms with E-state index in [2.05, 4.69) is 15.5 Å². The fourth-order valence-corrected chi connectivity index (χ4v) is 2.42. The minimum absolute atomic E-state index is 0.0955. The Morgan fingerprint density at radius 1 is 1.48 bits per heavy atom. The Morgan fingerprint density at radius 2 is 2.22 bits per heavy atom. The van der Waals surface area contributed by atoms with Gasteiger partial charge in [-0.15, -0.1) is 0 Å². The van der Waals surface area contributed by atoms with Gasteiger partial charge in [-0.3, -0.25) is 14.7 Å². The number of rotatable bonds is 4. The van der Waals surface area contributed by atoms with Crippen LogP contribution in [0.3, 0.4) is 0 Å². The maximum absolute atomic E-state index is 12.3. The van der Waals surface area contributed by atoms with Gasteiger partial charge < -0.3 is 25.7 Å². The SMILES string of the molecule is CC(C)(C)OC(=O)N1CCOC[C@@H]1CNC(=O)c1ccc(C(N)=NO)cn1. The fourth-order valence-electron chi connectivity index (χ4n) is 2.42. The molecule has 10 nitrogen and oxygen atoms in total. The zero-order valence-corrected chi connectivity index (χ0v) is 15.6. The van der Waals surface area contributed by atoms with Crippen LogP contribution in [0.2, 0.25) is 0 Å². The number of hydrogen-bond donors (Lipinski definition) is 3. The Balaban J connectivity index is 1.96. The summed E-state index contributed by atoms with van der Waals surface area (Å²) in [6, 6.07) is 2.65. The first-order chi connectivity index (χ1) is 12.7. The summed E-state index contributed by atoms with van der Waals surface area (Å²) < 4.78 is 10.8. The summed E-state index contributed by atoms with van der Waals surface area (Å²) in [4.78, 5) is 30.2. The molecule has 0 aromatic carbocycles. The predicted octanol–water partition coefficient (Wildman–Crippen LogP) is 0.542. The lowest BCUT2D eigenvalue weighted by Gasteiger charge is -2.36. The average molecular weight is 379 g/mol. The highest BCUT2D eigenvalue weighted by molar-refractivity contribution is 5.98. The van der Waals surface area contributed by atoms with Crippen LogP contribution in [0.25, 0.3) is 0 Å². The quantitative estimate of drug-likeness (QED) is 0.300. The van der Waals surface area contributed by atoms with Crippen molar-refractivity contribution in [2.75, 3.05) is 26.3 Å². The van der Waals surface area contributed by atoms with Crippen LogP contribution in [0.15, 0.2) is 23.5 Å². The highest BCUT2D eigenvalue weighted by atomic mass is 16.6. The fraction of sp³-hybridized carbons (Fsp3) is 0.529. The van der Waals surface area contributed by atoms with Gasteiger partial charge in [0, 0.05) is 24.8 Å². The van der Waals surface area contributed by atoms with Crippen LogP contribution in [0.4, 0.5) is 4.79 Å². The molecule has 1 fully saturated rings. The van der Waals surface area contributed by atoms with Crippen molar-refractivity contribution >= 4 is 17.8 Å². The Bertz CT molecular complexity index is 699. The summed E-state index contributed by atoms with van der Waals surface area (Å²) >= 11 is 0. The molecule has 1 aliphatic rings. The second-order valence-electron chi connectivity index (χ2n) is 7.03. The van der Waals surface area contributed by atoms with E-state index >= 15 is 0 Å². The highest BCUT2D eigenvalue weighted by Crippen LogP contribution is 2.14. The van der Waals surface area contributed by atoms with E-state index in [1.807, 2.05) is 0 Å². The van der Waals surface area contributed by atoms with E-state index in [-0.39, 0.29) is 24.1 Å². The molecule has 1 aromatic heterocycles. The molecule has 2 rings (SSSR count). The van der Waals surface area contributed by atoms with Gasteiger partial charge in [-0.2, -0.15) is 0 Å². The molecule has 2 amide bonds. The zero-order chi connectivity index (χ0) is 20.0. The van der Waals surface area contributed by atoms with Crippen molar-refractivity contribution in [3.8, 4) is 0 Å². The molecule has 1 aliphatic heterocycles. The minimum Gasteiger partial charge on any atom is -0.444 e. The van der Waals surface area contributed by atoms with Crippen LogP contribution in [-0.2, 0) is 9.47 Å². The van der Waals surface area contributed by atoms with Crippen molar-refractivity contribution in [2.45, 2.75) is 32.4 Å². The van der Waals surface area contributed by atoms with Crippen LogP contribution < -0.4 is 11.1 Å². The van der Waals surface area contributed by atoms with Gasteiger partial charge in [-0.1, -0.05) is 5.16 Å². The summed E-state index contributed by atoms with van der Waals surface area (Å²) in [5, 5.41) is 14.2. The molecule has 148 valence electrons. The van der Waals surface area contributed by atoms with E-state index in [1.54, 1.807) is 25.7 Å². The monoisotopic (exact) mass is 379 g/mol. The first kappa shape index (κ1) is 20.4. The van der Waals surface area contributed by atoms with E-state index in [1.165, 1.54) is 18.3 Å². The van der Waals surface area contributed by atoms with E-state index in [0.29, 0.717) is 25.3 Å². The standard InChI is InChI=1S/C17H25N5O5/c1-17(2,3)27-16(24)22-6-7-26-10-12(22)9-20-15(23)13-5-4-11(8-19-13)14(18)21-25/h4-5,8,12,25H,6-7,9-10H2,1-3H3,(H2,18,21)(H,20,23)/t12-/m0/s1. The molecule has 10 heteroatoms. The number of morpholine rings is 1. The van der Waals surface area contributed by atoms with Crippen LogP contribution in [0.1, 0.15) is 36.8 Å². The van der Waals surface area contributed by atoms with E-state index in [9.17, 15) is 9.59 Å². The molecule has 0 saturated carbocycles. The smallest absolute Gasteiger partial charge is 0.410 e. The third kappa shape index (κ3) is 5.81. The molecular weight excluding hydrogens is 354 g/mol. The molecule has 1 aromatic rings. The second-order valence-corrected chi connectivity index (χ2v) is 7.03. The van der Waals surface area contributed by atoms with E-state index in [4.69, 9.17) is 20.4 Å². The predicted molar refractivity (Wildman–Crippen MR) is 96.6 cm³/mol. The molecule has 0 spiro atoms. The van der Waals surface area contributed by atoms with Gasteiger partial charge in [-0.05, 0) is 32.9 Å². The average Bonchev–Trinajstić information content (AvgIpc) is 2.64. The van der Waals surface area contributed by atoms with Crippen molar-refractivity contribution in [2.24, 2.45) is 10.9 Å². The normalized spacial score (nSPS) is 18.1. The zero-order valence-electron chi connectivity index (χ0n) is 15.6. The molecule has 4 N–H and O–H groups in total. The summed E-state index contributed by atoms with van der Waals surface area (Å²) in [7, 11) is 0. The van der Waals surface area contributed by atoms with Gasteiger partial charge >= 0.3 is 6.09 Å². The number of amides is 2. The molecule has 1 saturated heterocycles. The van der Waals surface area contributed by atoms with Gasteiger partial charge in [0.15, 0.2) is 5.84 Å². The van der Waals surface area contributed by atoms with Crippen molar-refractivity contribution in [3.63, 3.8) is 0 Å². The molecule has 0 radical (unpaired) electrons. The maximum Gasteiger partial charge on any atom is 0.410 e. The number of ether oxygens (including phenoxy) is 2. The van der Waals surface area contributed by atoms with Crippen molar-refractivity contribution in [3.05, 3.63) is 29.6 Å². The first-order valence-electron chi connectivity index (χ1n) is 8.51. The number of carbonyl (C=O) groups excluding carboxylic acids is 2. The van der Waals surface area contributed by atoms with Crippen LogP contribution in [-0.4, -0.2) is 70.9 Å². The lowest BCUT2D eigenvalue weighted by atomic mass is 10.2. The number of aromatic nitrogens is 1. The minimum atomic E-state index is -0.603. The maximum atomic E-state index is 12.3. The number of nitrogens with one attached hydrogen (secondary N) is 1. The summed E-state index contributed by atoms with van der Waals surface area (Å²) in [6.45, 7) is 6.70. The number of hydrogen-bond acceptors (Lipinski definition) is 7. The Hall–Kier alpha value is -2.88. The number of pyridine rings is 1. The van der Waals surface area contributed by atoms with E-state index in [0.717, 1.165) is 0 Å². The largest absolute Gasteiger partial charge is 0.444 e. The number of amidine groups is 1. The molecule has 0 aliphatic carbocycles. The summed E-state index contributed by atoms with van der Waals surface area (Å²) in [5.41, 5.74) is 5.42. The van der Waals surface area contributed by atoms with E-state index < -0.39 is 17.6 Å². The Labute approximate surface area is 157 Å². The van der Waals surface area contributed by atoms with Crippen molar-refractivity contribution in [1.29, 1.82) is 0 Å². The molecule has 0 unspecified atom stereocenters. The highest BCUT2D eigenvalue weighted by Gasteiger charge is 2.31. The van der Waals surface area contributed by atoms with Crippen LogP contribution in [0, 0.1) is 0 Å². The molecule has 1 atom stereocenters.